The van der Waals surface area contributed by atoms with Crippen molar-refractivity contribution in [3.63, 3.8) is 0 Å². The monoisotopic (exact) mass is 382 g/mol. The number of carbonyl (C=O) groups is 1. The molecule has 0 fully saturated rings. The number of benzene rings is 1. The van der Waals surface area contributed by atoms with Crippen molar-refractivity contribution in [2.24, 2.45) is 0 Å². The highest BCUT2D eigenvalue weighted by Crippen LogP contribution is 2.28. The molecule has 9 nitrogen and oxygen atoms in total. The molecule has 0 aliphatic carbocycles. The summed E-state index contributed by atoms with van der Waals surface area (Å²) in [5, 5.41) is 11.3. The molecule has 3 aromatic rings. The van der Waals surface area contributed by atoms with E-state index in [2.05, 4.69) is 4.98 Å². The lowest BCUT2D eigenvalue weighted by molar-refractivity contribution is -0.384. The number of rotatable bonds is 5. The summed E-state index contributed by atoms with van der Waals surface area (Å²) >= 11 is 0. The SMILES string of the molecule is Cc1cccn2c(=O)cc(COC(=O)c3ccc(N(C)C)c([N+](=O)[O-])c3)nc12. The van der Waals surface area contributed by atoms with Gasteiger partial charge in [0.2, 0.25) is 0 Å². The van der Waals surface area contributed by atoms with Gasteiger partial charge in [-0.3, -0.25) is 19.3 Å². The average Bonchev–Trinajstić information content (AvgIpc) is 2.66. The van der Waals surface area contributed by atoms with Gasteiger partial charge in [0.15, 0.2) is 0 Å². The predicted molar refractivity (Wildman–Crippen MR) is 103 cm³/mol. The minimum Gasteiger partial charge on any atom is -0.456 e. The van der Waals surface area contributed by atoms with Gasteiger partial charge in [0.05, 0.1) is 16.2 Å². The number of nitro benzene ring substituents is 1. The minimum absolute atomic E-state index is 0.0472. The first kappa shape index (κ1) is 19.0. The lowest BCUT2D eigenvalue weighted by Gasteiger charge is -2.13. The van der Waals surface area contributed by atoms with Crippen molar-refractivity contribution >= 4 is 23.0 Å². The first-order valence-electron chi connectivity index (χ1n) is 8.38. The van der Waals surface area contributed by atoms with Crippen LogP contribution in [0.25, 0.3) is 5.65 Å². The van der Waals surface area contributed by atoms with Crippen LogP contribution in [0.2, 0.25) is 0 Å². The number of aromatic nitrogens is 2. The number of pyridine rings is 1. The Morgan fingerprint density at radius 3 is 2.71 bits per heavy atom. The number of anilines is 1. The first-order valence-corrected chi connectivity index (χ1v) is 8.38. The Labute approximate surface area is 160 Å². The number of aryl methyl sites for hydroxylation is 1. The quantitative estimate of drug-likeness (QED) is 0.379. The molecule has 0 unspecified atom stereocenters. The fourth-order valence-electron chi connectivity index (χ4n) is 2.78. The molecule has 9 heteroatoms. The van der Waals surface area contributed by atoms with Crippen molar-refractivity contribution in [2.45, 2.75) is 13.5 Å². The van der Waals surface area contributed by atoms with Crippen LogP contribution in [0.1, 0.15) is 21.6 Å². The van der Waals surface area contributed by atoms with Gasteiger partial charge in [0.25, 0.3) is 11.2 Å². The van der Waals surface area contributed by atoms with Gasteiger partial charge in [-0.1, -0.05) is 6.07 Å². The molecule has 0 spiro atoms. The molecule has 0 N–H and O–H groups in total. The van der Waals surface area contributed by atoms with Gasteiger partial charge in [0.1, 0.15) is 17.9 Å². The number of nitrogens with zero attached hydrogens (tertiary/aromatic N) is 4. The Kier molecular flexibility index (Phi) is 5.08. The lowest BCUT2D eigenvalue weighted by Crippen LogP contribution is -2.17. The van der Waals surface area contributed by atoms with Crippen LogP contribution >= 0.6 is 0 Å². The number of nitro groups is 1. The molecule has 28 heavy (non-hydrogen) atoms. The van der Waals surface area contributed by atoms with E-state index >= 15 is 0 Å². The number of fused-ring (bicyclic) bond motifs is 1. The first-order chi connectivity index (χ1) is 13.3. The van der Waals surface area contributed by atoms with Crippen LogP contribution in [-0.2, 0) is 11.3 Å². The largest absolute Gasteiger partial charge is 0.456 e. The molecule has 0 aliphatic heterocycles. The van der Waals surface area contributed by atoms with Gasteiger partial charge < -0.3 is 9.64 Å². The summed E-state index contributed by atoms with van der Waals surface area (Å²) in [5.74, 6) is -0.736. The zero-order chi connectivity index (χ0) is 20.4. The summed E-state index contributed by atoms with van der Waals surface area (Å²) in [6.07, 6.45) is 1.61. The third-order valence-electron chi connectivity index (χ3n) is 4.18. The average molecular weight is 382 g/mol. The van der Waals surface area contributed by atoms with Crippen molar-refractivity contribution < 1.29 is 14.5 Å². The molecule has 0 aliphatic rings. The van der Waals surface area contributed by atoms with Crippen molar-refractivity contribution in [2.75, 3.05) is 19.0 Å². The van der Waals surface area contributed by atoms with E-state index in [4.69, 9.17) is 4.74 Å². The molecule has 1 aromatic carbocycles. The van der Waals surface area contributed by atoms with Crippen LogP contribution in [0.5, 0.6) is 0 Å². The maximum absolute atomic E-state index is 12.3. The maximum atomic E-state index is 12.3. The van der Waals surface area contributed by atoms with Crippen LogP contribution in [0.4, 0.5) is 11.4 Å². The van der Waals surface area contributed by atoms with Gasteiger partial charge in [-0.05, 0) is 30.7 Å². The second-order valence-electron chi connectivity index (χ2n) is 6.40. The van der Waals surface area contributed by atoms with Crippen LogP contribution in [0.3, 0.4) is 0 Å². The number of hydrogen-bond donors (Lipinski definition) is 0. The van der Waals surface area contributed by atoms with Crippen LogP contribution in [-0.4, -0.2) is 34.4 Å². The highest BCUT2D eigenvalue weighted by molar-refractivity contribution is 5.91. The Morgan fingerprint density at radius 2 is 2.04 bits per heavy atom. The summed E-state index contributed by atoms with van der Waals surface area (Å²) in [6, 6.07) is 8.97. The Bertz CT molecular complexity index is 1140. The van der Waals surface area contributed by atoms with Crippen molar-refractivity contribution in [3.05, 3.63) is 79.9 Å². The summed E-state index contributed by atoms with van der Waals surface area (Å²) in [7, 11) is 3.35. The van der Waals surface area contributed by atoms with Crippen molar-refractivity contribution in [3.8, 4) is 0 Å². The maximum Gasteiger partial charge on any atom is 0.338 e. The fraction of sp³-hybridized carbons (Fsp3) is 0.211. The second-order valence-corrected chi connectivity index (χ2v) is 6.40. The van der Waals surface area contributed by atoms with Gasteiger partial charge in [-0.15, -0.1) is 0 Å². The van der Waals surface area contributed by atoms with Crippen LogP contribution in [0.15, 0.2) is 47.4 Å². The molecule has 0 bridgehead atoms. The van der Waals surface area contributed by atoms with E-state index in [9.17, 15) is 19.7 Å². The van der Waals surface area contributed by atoms with E-state index in [0.717, 1.165) is 5.56 Å². The van der Waals surface area contributed by atoms with Gasteiger partial charge >= 0.3 is 5.97 Å². The molecule has 0 saturated carbocycles. The predicted octanol–water partition coefficient (Wildman–Crippen LogP) is 2.33. The molecule has 0 amide bonds. The van der Waals surface area contributed by atoms with E-state index in [1.54, 1.807) is 31.3 Å². The summed E-state index contributed by atoms with van der Waals surface area (Å²) < 4.78 is 6.61. The summed E-state index contributed by atoms with van der Waals surface area (Å²) in [4.78, 5) is 41.1. The molecule has 3 rings (SSSR count). The highest BCUT2D eigenvalue weighted by atomic mass is 16.6. The van der Waals surface area contributed by atoms with Crippen molar-refractivity contribution in [1.82, 2.24) is 9.38 Å². The number of esters is 1. The Morgan fingerprint density at radius 1 is 1.29 bits per heavy atom. The second kappa shape index (κ2) is 7.47. The third-order valence-corrected chi connectivity index (χ3v) is 4.18. The molecule has 0 radical (unpaired) electrons. The zero-order valence-corrected chi connectivity index (χ0v) is 15.6. The number of hydrogen-bond acceptors (Lipinski definition) is 7. The van der Waals surface area contributed by atoms with Crippen molar-refractivity contribution in [1.29, 1.82) is 0 Å². The Hall–Kier alpha value is -3.75. The van der Waals surface area contributed by atoms with Crippen LogP contribution < -0.4 is 10.5 Å². The van der Waals surface area contributed by atoms with E-state index in [-0.39, 0.29) is 23.4 Å². The lowest BCUT2D eigenvalue weighted by atomic mass is 10.1. The van der Waals surface area contributed by atoms with Crippen LogP contribution in [0, 0.1) is 17.0 Å². The van der Waals surface area contributed by atoms with Gasteiger partial charge in [-0.2, -0.15) is 0 Å². The molecular formula is C19H18N4O5. The third kappa shape index (κ3) is 3.68. The number of ether oxygens (including phenoxy) is 1. The zero-order valence-electron chi connectivity index (χ0n) is 15.6. The normalized spacial score (nSPS) is 10.7. The van der Waals surface area contributed by atoms with E-state index in [0.29, 0.717) is 17.0 Å². The standard InChI is InChI=1S/C19H18N4O5/c1-12-5-4-8-22-17(24)10-14(20-18(12)22)11-28-19(25)13-6-7-15(21(2)3)16(9-13)23(26)27/h4-10H,11H2,1-3H3. The molecule has 2 aromatic heterocycles. The summed E-state index contributed by atoms with van der Waals surface area (Å²) in [5.41, 5.74) is 1.52. The fourth-order valence-corrected chi connectivity index (χ4v) is 2.78. The molecular weight excluding hydrogens is 364 g/mol. The number of carbonyl (C=O) groups excluding carboxylic acids is 1. The van der Waals surface area contributed by atoms with Gasteiger partial charge in [-0.25, -0.2) is 9.78 Å². The van der Waals surface area contributed by atoms with E-state index < -0.39 is 10.9 Å². The van der Waals surface area contributed by atoms with E-state index in [1.165, 1.54) is 28.7 Å². The minimum atomic E-state index is -0.736. The van der Waals surface area contributed by atoms with Gasteiger partial charge in [0, 0.05) is 32.4 Å². The highest BCUT2D eigenvalue weighted by Gasteiger charge is 2.19. The molecule has 0 atom stereocenters. The van der Waals surface area contributed by atoms with E-state index in [1.807, 2.05) is 13.0 Å². The Balaban J connectivity index is 1.84. The summed E-state index contributed by atoms with van der Waals surface area (Å²) in [6.45, 7) is 1.60. The molecule has 2 heterocycles. The molecule has 0 saturated heterocycles. The topological polar surface area (TPSA) is 107 Å². The smallest absolute Gasteiger partial charge is 0.338 e. The molecule has 144 valence electrons.